The average molecular weight is 437 g/mol. The normalized spacial score (nSPS) is 15.2. The highest BCUT2D eigenvalue weighted by molar-refractivity contribution is 7.89. The molecule has 0 saturated carbocycles. The Bertz CT molecular complexity index is 982. The summed E-state index contributed by atoms with van der Waals surface area (Å²) in [7, 11) is -2.48. The van der Waals surface area contributed by atoms with Crippen molar-refractivity contribution < 1.29 is 32.0 Å². The Morgan fingerprint density at radius 1 is 1.17 bits per heavy atom. The summed E-state index contributed by atoms with van der Waals surface area (Å²) in [6.45, 7) is 0.274. The summed E-state index contributed by atoms with van der Waals surface area (Å²) in [5.74, 6) is -1.12. The molecule has 0 bridgehead atoms. The SMILES string of the molecule is COc1ccc(C(=O)OCC(=O)Nc2ccon2)cc1S(=O)(=O)N1CCCCCC1. The maximum Gasteiger partial charge on any atom is 0.338 e. The first-order valence-electron chi connectivity index (χ1n) is 9.47. The second kappa shape index (κ2) is 9.72. The molecule has 0 aliphatic carbocycles. The zero-order valence-corrected chi connectivity index (χ0v) is 17.3. The van der Waals surface area contributed by atoms with E-state index in [4.69, 9.17) is 9.47 Å². The Morgan fingerprint density at radius 2 is 1.90 bits per heavy atom. The molecular formula is C19H23N3O7S. The van der Waals surface area contributed by atoms with Gasteiger partial charge in [-0.05, 0) is 31.0 Å². The van der Waals surface area contributed by atoms with Crippen molar-refractivity contribution in [3.8, 4) is 5.75 Å². The second-order valence-electron chi connectivity index (χ2n) is 6.69. The van der Waals surface area contributed by atoms with E-state index in [-0.39, 0.29) is 22.0 Å². The average Bonchev–Trinajstić information content (AvgIpc) is 3.09. The van der Waals surface area contributed by atoms with Crippen LogP contribution in [-0.2, 0) is 19.6 Å². The molecule has 10 nitrogen and oxygen atoms in total. The number of benzene rings is 1. The molecule has 0 atom stereocenters. The summed E-state index contributed by atoms with van der Waals surface area (Å²) >= 11 is 0. The number of amides is 1. The predicted molar refractivity (Wildman–Crippen MR) is 106 cm³/mol. The molecule has 2 aromatic rings. The van der Waals surface area contributed by atoms with Crippen LogP contribution in [0.1, 0.15) is 36.0 Å². The molecule has 1 amide bonds. The maximum absolute atomic E-state index is 13.2. The van der Waals surface area contributed by atoms with Crippen LogP contribution in [0.5, 0.6) is 5.75 Å². The van der Waals surface area contributed by atoms with Gasteiger partial charge in [0, 0.05) is 19.2 Å². The van der Waals surface area contributed by atoms with Crippen molar-refractivity contribution >= 4 is 27.7 Å². The molecule has 1 N–H and O–H groups in total. The van der Waals surface area contributed by atoms with Crippen LogP contribution in [0.25, 0.3) is 0 Å². The van der Waals surface area contributed by atoms with Crippen molar-refractivity contribution in [1.29, 1.82) is 0 Å². The van der Waals surface area contributed by atoms with Gasteiger partial charge >= 0.3 is 5.97 Å². The quantitative estimate of drug-likeness (QED) is 0.652. The molecule has 0 unspecified atom stereocenters. The lowest BCUT2D eigenvalue weighted by molar-refractivity contribution is -0.119. The first-order valence-corrected chi connectivity index (χ1v) is 10.9. The van der Waals surface area contributed by atoms with Gasteiger partial charge in [0.1, 0.15) is 16.9 Å². The standard InChI is InChI=1S/C19H23N3O7S/c1-27-15-7-6-14(19(24)28-13-18(23)20-17-8-11-29-21-17)12-16(15)30(25,26)22-9-4-2-3-5-10-22/h6-8,11-12H,2-5,9-10,13H2,1H3,(H,20,21,23). The van der Waals surface area contributed by atoms with E-state index in [2.05, 4.69) is 15.0 Å². The van der Waals surface area contributed by atoms with E-state index >= 15 is 0 Å². The summed E-state index contributed by atoms with van der Waals surface area (Å²) in [5, 5.41) is 5.91. The van der Waals surface area contributed by atoms with E-state index < -0.39 is 28.5 Å². The number of hydrogen-bond acceptors (Lipinski definition) is 8. The molecule has 1 aliphatic heterocycles. The van der Waals surface area contributed by atoms with Crippen molar-refractivity contribution in [2.75, 3.05) is 32.1 Å². The molecule has 0 spiro atoms. The highest BCUT2D eigenvalue weighted by Gasteiger charge is 2.29. The molecule has 1 fully saturated rings. The number of rotatable bonds is 7. The van der Waals surface area contributed by atoms with Crippen molar-refractivity contribution in [2.24, 2.45) is 0 Å². The fourth-order valence-corrected chi connectivity index (χ4v) is 4.80. The highest BCUT2D eigenvalue weighted by Crippen LogP contribution is 2.29. The largest absolute Gasteiger partial charge is 0.495 e. The number of hydrogen-bond donors (Lipinski definition) is 1. The molecule has 1 aromatic heterocycles. The van der Waals surface area contributed by atoms with Gasteiger partial charge in [0.2, 0.25) is 10.0 Å². The van der Waals surface area contributed by atoms with E-state index in [1.54, 1.807) is 0 Å². The minimum Gasteiger partial charge on any atom is -0.495 e. The fourth-order valence-electron chi connectivity index (χ4n) is 3.10. The van der Waals surface area contributed by atoms with Crippen molar-refractivity contribution in [3.63, 3.8) is 0 Å². The second-order valence-corrected chi connectivity index (χ2v) is 8.60. The van der Waals surface area contributed by atoms with Crippen molar-refractivity contribution in [1.82, 2.24) is 9.46 Å². The molecule has 3 rings (SSSR count). The Balaban J connectivity index is 1.74. The monoisotopic (exact) mass is 437 g/mol. The van der Waals surface area contributed by atoms with Crippen LogP contribution in [0.4, 0.5) is 5.82 Å². The zero-order valence-electron chi connectivity index (χ0n) is 16.5. The number of carbonyl (C=O) groups is 2. The number of nitrogens with zero attached hydrogens (tertiary/aromatic N) is 2. The minimum absolute atomic E-state index is 0.00145. The summed E-state index contributed by atoms with van der Waals surface area (Å²) in [6.07, 6.45) is 4.80. The molecule has 1 aromatic carbocycles. The smallest absolute Gasteiger partial charge is 0.338 e. The van der Waals surface area contributed by atoms with Gasteiger partial charge in [0.05, 0.1) is 12.7 Å². The van der Waals surface area contributed by atoms with Gasteiger partial charge in [-0.2, -0.15) is 4.31 Å². The van der Waals surface area contributed by atoms with Gasteiger partial charge in [-0.3, -0.25) is 4.79 Å². The van der Waals surface area contributed by atoms with Crippen LogP contribution in [-0.4, -0.2) is 56.6 Å². The Morgan fingerprint density at radius 3 is 2.53 bits per heavy atom. The molecule has 162 valence electrons. The van der Waals surface area contributed by atoms with Crippen LogP contribution < -0.4 is 10.1 Å². The molecular weight excluding hydrogens is 414 g/mol. The zero-order chi connectivity index (χ0) is 21.6. The topological polar surface area (TPSA) is 128 Å². The fraction of sp³-hybridized carbons (Fsp3) is 0.421. The van der Waals surface area contributed by atoms with Gasteiger partial charge in [0.25, 0.3) is 5.91 Å². The highest BCUT2D eigenvalue weighted by atomic mass is 32.2. The van der Waals surface area contributed by atoms with E-state index in [1.807, 2.05) is 0 Å². The number of aromatic nitrogens is 1. The number of ether oxygens (including phenoxy) is 2. The predicted octanol–water partition coefficient (Wildman–Crippen LogP) is 2.04. The molecule has 11 heteroatoms. The molecule has 1 saturated heterocycles. The maximum atomic E-state index is 13.2. The number of methoxy groups -OCH3 is 1. The van der Waals surface area contributed by atoms with Crippen LogP contribution in [0.15, 0.2) is 39.9 Å². The van der Waals surface area contributed by atoms with E-state index in [0.29, 0.717) is 13.1 Å². The number of nitrogens with one attached hydrogen (secondary N) is 1. The van der Waals surface area contributed by atoms with Gasteiger partial charge < -0.3 is 19.3 Å². The van der Waals surface area contributed by atoms with Crippen LogP contribution in [0.2, 0.25) is 0 Å². The minimum atomic E-state index is -3.85. The summed E-state index contributed by atoms with van der Waals surface area (Å²) in [4.78, 5) is 24.1. The molecule has 1 aliphatic rings. The summed E-state index contributed by atoms with van der Waals surface area (Å²) in [5.41, 5.74) is -0.00145. The first-order chi connectivity index (χ1) is 14.4. The van der Waals surface area contributed by atoms with Gasteiger partial charge in [-0.15, -0.1) is 0 Å². The van der Waals surface area contributed by atoms with Gasteiger partial charge in [-0.1, -0.05) is 18.0 Å². The van der Waals surface area contributed by atoms with Crippen molar-refractivity contribution in [3.05, 3.63) is 36.1 Å². The Hall–Kier alpha value is -2.92. The van der Waals surface area contributed by atoms with Crippen LogP contribution in [0, 0.1) is 0 Å². The van der Waals surface area contributed by atoms with Crippen LogP contribution in [0.3, 0.4) is 0 Å². The van der Waals surface area contributed by atoms with E-state index in [1.165, 1.54) is 41.9 Å². The lowest BCUT2D eigenvalue weighted by Crippen LogP contribution is -2.32. The molecule has 0 radical (unpaired) electrons. The number of esters is 1. The summed E-state index contributed by atoms with van der Waals surface area (Å²) in [6, 6.07) is 5.44. The number of carbonyl (C=O) groups excluding carboxylic acids is 2. The molecule has 30 heavy (non-hydrogen) atoms. The third-order valence-corrected chi connectivity index (χ3v) is 6.54. The van der Waals surface area contributed by atoms with Gasteiger partial charge in [-0.25, -0.2) is 13.2 Å². The summed E-state index contributed by atoms with van der Waals surface area (Å²) < 4.78 is 42.5. The van der Waals surface area contributed by atoms with E-state index in [0.717, 1.165) is 25.7 Å². The first kappa shape index (κ1) is 21.8. The van der Waals surface area contributed by atoms with E-state index in [9.17, 15) is 18.0 Å². The third-order valence-electron chi connectivity index (χ3n) is 4.62. The Labute approximate surface area is 174 Å². The Kier molecular flexibility index (Phi) is 7.06. The number of anilines is 1. The van der Waals surface area contributed by atoms with Gasteiger partial charge in [0.15, 0.2) is 12.4 Å². The lowest BCUT2D eigenvalue weighted by Gasteiger charge is -2.21. The third kappa shape index (κ3) is 5.16. The lowest BCUT2D eigenvalue weighted by atomic mass is 10.2. The molecule has 2 heterocycles. The van der Waals surface area contributed by atoms with Crippen molar-refractivity contribution in [2.45, 2.75) is 30.6 Å². The van der Waals surface area contributed by atoms with Crippen LogP contribution >= 0.6 is 0 Å². The number of sulfonamides is 1.